The number of nitrogens with one attached hydrogen (secondary N) is 1. The van der Waals surface area contributed by atoms with Crippen LogP contribution in [0.1, 0.15) is 19.4 Å². The molecule has 1 N–H and O–H groups in total. The van der Waals surface area contributed by atoms with Crippen molar-refractivity contribution >= 4 is 21.8 Å². The van der Waals surface area contributed by atoms with Crippen LogP contribution in [0.3, 0.4) is 0 Å². The summed E-state index contributed by atoms with van der Waals surface area (Å²) in [7, 11) is 0. The van der Waals surface area contributed by atoms with Gasteiger partial charge in [-0.3, -0.25) is 4.99 Å². The summed E-state index contributed by atoms with van der Waals surface area (Å²) in [4.78, 5) is 4.43. The molecule has 0 fully saturated rings. The molecular weight excluding hydrogens is 252 g/mol. The number of aliphatic imine (C=N–C) groups is 1. The van der Waals surface area contributed by atoms with Crippen molar-refractivity contribution in [2.75, 3.05) is 13.1 Å². The van der Waals surface area contributed by atoms with E-state index in [2.05, 4.69) is 64.4 Å². The maximum Gasteiger partial charge on any atom is 0.101 e. The highest BCUT2D eigenvalue weighted by Gasteiger charge is 1.99. The number of likely N-dealkylation sites (N-methyl/N-ethyl adjacent to an activating group) is 1. The second kappa shape index (κ2) is 6.62. The Hall–Kier alpha value is -0.830. The lowest BCUT2D eigenvalue weighted by molar-refractivity contribution is 0.922. The smallest absolute Gasteiger partial charge is 0.101 e. The van der Waals surface area contributed by atoms with Crippen LogP contribution in [0, 0.1) is 0 Å². The van der Waals surface area contributed by atoms with Crippen molar-refractivity contribution in [1.82, 2.24) is 5.32 Å². The van der Waals surface area contributed by atoms with Gasteiger partial charge in [-0.2, -0.15) is 0 Å². The van der Waals surface area contributed by atoms with Gasteiger partial charge in [0.2, 0.25) is 0 Å². The average Bonchev–Trinajstić information content (AvgIpc) is 2.22. The zero-order chi connectivity index (χ0) is 11.1. The fourth-order valence-electron chi connectivity index (χ4n) is 1.36. The Kier molecular flexibility index (Phi) is 5.40. The molecule has 0 radical (unpaired) electrons. The molecule has 82 valence electrons. The molecule has 1 aromatic rings. The second-order valence-electron chi connectivity index (χ2n) is 3.25. The van der Waals surface area contributed by atoms with Crippen LogP contribution in [-0.4, -0.2) is 18.9 Å². The zero-order valence-corrected chi connectivity index (χ0v) is 10.8. The van der Waals surface area contributed by atoms with E-state index in [4.69, 9.17) is 0 Å². The summed E-state index contributed by atoms with van der Waals surface area (Å²) in [5.41, 5.74) is 1.28. The molecule has 0 amide bonds. The van der Waals surface area contributed by atoms with Gasteiger partial charge in [0, 0.05) is 24.0 Å². The van der Waals surface area contributed by atoms with Crippen LogP contribution in [-0.2, 0) is 6.42 Å². The van der Waals surface area contributed by atoms with Gasteiger partial charge in [0.1, 0.15) is 5.84 Å². The molecule has 0 atom stereocenters. The largest absolute Gasteiger partial charge is 0.374 e. The molecule has 3 heteroatoms. The molecule has 2 nitrogen and oxygen atoms in total. The molecule has 0 aromatic heterocycles. The van der Waals surface area contributed by atoms with Crippen LogP contribution in [0.2, 0.25) is 0 Å². The fourth-order valence-corrected chi connectivity index (χ4v) is 1.63. The lowest BCUT2D eigenvalue weighted by Crippen LogP contribution is -2.25. The summed E-state index contributed by atoms with van der Waals surface area (Å²) < 4.78 is 1.11. The van der Waals surface area contributed by atoms with Crippen molar-refractivity contribution in [3.63, 3.8) is 0 Å². The van der Waals surface area contributed by atoms with Crippen molar-refractivity contribution in [2.45, 2.75) is 20.3 Å². The Morgan fingerprint density at radius 1 is 1.27 bits per heavy atom. The Labute approximate surface area is 99.9 Å². The highest BCUT2D eigenvalue weighted by atomic mass is 79.9. The van der Waals surface area contributed by atoms with Gasteiger partial charge in [0.25, 0.3) is 0 Å². The monoisotopic (exact) mass is 268 g/mol. The number of halogens is 1. The average molecular weight is 269 g/mol. The third-order valence-corrected chi connectivity index (χ3v) is 2.54. The predicted octanol–water partition coefficient (Wildman–Crippen LogP) is 3.02. The van der Waals surface area contributed by atoms with E-state index in [-0.39, 0.29) is 0 Å². The van der Waals surface area contributed by atoms with E-state index in [0.29, 0.717) is 0 Å². The summed E-state index contributed by atoms with van der Waals surface area (Å²) in [5, 5.41) is 3.28. The SMILES string of the molecule is CCN=C(Cc1ccc(Br)cc1)NCC. The minimum Gasteiger partial charge on any atom is -0.374 e. The Morgan fingerprint density at radius 3 is 2.47 bits per heavy atom. The zero-order valence-electron chi connectivity index (χ0n) is 9.26. The van der Waals surface area contributed by atoms with E-state index in [1.807, 2.05) is 0 Å². The number of benzene rings is 1. The minimum absolute atomic E-state index is 0.832. The normalized spacial score (nSPS) is 11.5. The van der Waals surface area contributed by atoms with Gasteiger partial charge >= 0.3 is 0 Å². The Morgan fingerprint density at radius 2 is 1.93 bits per heavy atom. The number of nitrogens with zero attached hydrogens (tertiary/aromatic N) is 1. The van der Waals surface area contributed by atoms with Crippen LogP contribution >= 0.6 is 15.9 Å². The van der Waals surface area contributed by atoms with Gasteiger partial charge in [-0.25, -0.2) is 0 Å². The summed E-state index contributed by atoms with van der Waals surface area (Å²) in [5.74, 6) is 1.07. The van der Waals surface area contributed by atoms with Crippen LogP contribution in [0.25, 0.3) is 0 Å². The molecular formula is C12H17BrN2. The third-order valence-electron chi connectivity index (χ3n) is 2.01. The first-order valence-electron chi connectivity index (χ1n) is 5.28. The van der Waals surface area contributed by atoms with E-state index in [1.165, 1.54) is 5.56 Å². The molecule has 0 aliphatic rings. The maximum absolute atomic E-state index is 4.43. The van der Waals surface area contributed by atoms with Gasteiger partial charge in [0.05, 0.1) is 0 Å². The molecule has 0 bridgehead atoms. The molecule has 0 spiro atoms. The van der Waals surface area contributed by atoms with E-state index in [9.17, 15) is 0 Å². The minimum atomic E-state index is 0.832. The maximum atomic E-state index is 4.43. The lowest BCUT2D eigenvalue weighted by Gasteiger charge is -2.07. The molecule has 0 heterocycles. The summed E-state index contributed by atoms with van der Waals surface area (Å²) >= 11 is 3.43. The molecule has 0 unspecified atom stereocenters. The molecule has 0 saturated carbocycles. The van der Waals surface area contributed by atoms with Gasteiger partial charge in [-0.1, -0.05) is 28.1 Å². The van der Waals surface area contributed by atoms with Gasteiger partial charge in [-0.15, -0.1) is 0 Å². The molecule has 0 saturated heterocycles. The number of hydrogen-bond acceptors (Lipinski definition) is 1. The molecule has 15 heavy (non-hydrogen) atoms. The highest BCUT2D eigenvalue weighted by Crippen LogP contribution is 2.10. The topological polar surface area (TPSA) is 24.4 Å². The molecule has 1 rings (SSSR count). The van der Waals surface area contributed by atoms with E-state index in [0.717, 1.165) is 29.8 Å². The Balaban J connectivity index is 2.65. The van der Waals surface area contributed by atoms with Crippen molar-refractivity contribution in [3.05, 3.63) is 34.3 Å². The van der Waals surface area contributed by atoms with Gasteiger partial charge in [-0.05, 0) is 31.5 Å². The van der Waals surface area contributed by atoms with Crippen LogP contribution < -0.4 is 5.32 Å². The van der Waals surface area contributed by atoms with E-state index in [1.54, 1.807) is 0 Å². The predicted molar refractivity (Wildman–Crippen MR) is 69.5 cm³/mol. The Bertz CT molecular complexity index is 317. The first-order chi connectivity index (χ1) is 7.26. The van der Waals surface area contributed by atoms with Crippen LogP contribution in [0.5, 0.6) is 0 Å². The first-order valence-corrected chi connectivity index (χ1v) is 6.07. The highest BCUT2D eigenvalue weighted by molar-refractivity contribution is 9.10. The van der Waals surface area contributed by atoms with Crippen LogP contribution in [0.4, 0.5) is 0 Å². The van der Waals surface area contributed by atoms with E-state index >= 15 is 0 Å². The summed E-state index contributed by atoms with van der Waals surface area (Å²) in [6.07, 6.45) is 0.884. The quantitative estimate of drug-likeness (QED) is 0.659. The third kappa shape index (κ3) is 4.47. The van der Waals surface area contributed by atoms with Crippen molar-refractivity contribution in [3.8, 4) is 0 Å². The first kappa shape index (κ1) is 12.2. The molecule has 0 aliphatic heterocycles. The summed E-state index contributed by atoms with van der Waals surface area (Å²) in [6.45, 7) is 5.90. The number of amidine groups is 1. The number of rotatable bonds is 4. The second-order valence-corrected chi connectivity index (χ2v) is 4.17. The van der Waals surface area contributed by atoms with Gasteiger partial charge in [0.15, 0.2) is 0 Å². The fraction of sp³-hybridized carbons (Fsp3) is 0.417. The van der Waals surface area contributed by atoms with Crippen molar-refractivity contribution in [2.24, 2.45) is 4.99 Å². The lowest BCUT2D eigenvalue weighted by atomic mass is 10.1. The van der Waals surface area contributed by atoms with Crippen molar-refractivity contribution in [1.29, 1.82) is 0 Å². The standard InChI is InChI=1S/C12H17BrN2/c1-3-14-12(15-4-2)9-10-5-7-11(13)8-6-10/h5-8H,3-4,9H2,1-2H3,(H,14,15). The number of hydrogen-bond donors (Lipinski definition) is 1. The van der Waals surface area contributed by atoms with Crippen molar-refractivity contribution < 1.29 is 0 Å². The molecule has 0 aliphatic carbocycles. The van der Waals surface area contributed by atoms with Crippen LogP contribution in [0.15, 0.2) is 33.7 Å². The van der Waals surface area contributed by atoms with Gasteiger partial charge < -0.3 is 5.32 Å². The molecule has 1 aromatic carbocycles. The summed E-state index contributed by atoms with van der Waals surface area (Å²) in [6, 6.07) is 8.36. The van der Waals surface area contributed by atoms with E-state index < -0.39 is 0 Å².